The van der Waals surface area contributed by atoms with Gasteiger partial charge in [-0.15, -0.1) is 0 Å². The van der Waals surface area contributed by atoms with Crippen LogP contribution in [-0.4, -0.2) is 23.3 Å². The number of rotatable bonds is 3. The van der Waals surface area contributed by atoms with E-state index in [1.54, 1.807) is 11.1 Å². The van der Waals surface area contributed by atoms with Gasteiger partial charge in [-0.25, -0.2) is 0 Å². The van der Waals surface area contributed by atoms with Crippen LogP contribution < -0.4 is 10.2 Å². The first-order valence-corrected chi connectivity index (χ1v) is 9.47. The Balaban J connectivity index is 1.57. The first kappa shape index (κ1) is 18.2. The number of amides is 2. The fourth-order valence-corrected chi connectivity index (χ4v) is 4.02. The van der Waals surface area contributed by atoms with Gasteiger partial charge in [0.05, 0.1) is 17.1 Å². The second-order valence-corrected chi connectivity index (χ2v) is 7.52. The quantitative estimate of drug-likeness (QED) is 0.750. The summed E-state index contributed by atoms with van der Waals surface area (Å²) in [6.07, 6.45) is 1.93. The zero-order valence-corrected chi connectivity index (χ0v) is 16.3. The van der Waals surface area contributed by atoms with Crippen molar-refractivity contribution in [1.29, 1.82) is 0 Å². The van der Waals surface area contributed by atoms with Gasteiger partial charge in [0.2, 0.25) is 11.8 Å². The van der Waals surface area contributed by atoms with E-state index in [-0.39, 0.29) is 24.2 Å². The maximum absolute atomic E-state index is 12.9. The van der Waals surface area contributed by atoms with E-state index in [4.69, 9.17) is 0 Å². The number of pyridine rings is 1. The molecule has 3 aromatic rings. The van der Waals surface area contributed by atoms with E-state index < -0.39 is 0 Å². The summed E-state index contributed by atoms with van der Waals surface area (Å²) in [6, 6.07) is 13.7. The summed E-state index contributed by atoms with van der Waals surface area (Å²) in [6.45, 7) is 6.38. The molecule has 142 valence electrons. The first-order chi connectivity index (χ1) is 13.4. The molecule has 0 aliphatic carbocycles. The highest BCUT2D eigenvalue weighted by molar-refractivity contribution is 6.07. The van der Waals surface area contributed by atoms with Gasteiger partial charge in [-0.05, 0) is 44.0 Å². The summed E-state index contributed by atoms with van der Waals surface area (Å²) in [5.41, 5.74) is 5.62. The Morgan fingerprint density at radius 3 is 2.57 bits per heavy atom. The van der Waals surface area contributed by atoms with E-state index in [1.165, 1.54) is 5.56 Å². The van der Waals surface area contributed by atoms with Crippen LogP contribution in [0.1, 0.15) is 23.1 Å². The Bertz CT molecular complexity index is 1060. The molecule has 28 heavy (non-hydrogen) atoms. The van der Waals surface area contributed by atoms with Crippen LogP contribution in [0, 0.1) is 26.7 Å². The summed E-state index contributed by atoms with van der Waals surface area (Å²) in [4.78, 5) is 31.7. The molecule has 2 aromatic carbocycles. The Labute approximate surface area is 164 Å². The predicted octanol–water partition coefficient (Wildman–Crippen LogP) is 4.15. The summed E-state index contributed by atoms with van der Waals surface area (Å²) in [7, 11) is 0. The Morgan fingerprint density at radius 1 is 1.11 bits per heavy atom. The standard InChI is InChI=1S/C23H23N3O2/c1-14-10-15(2)21(16(3)11-14)25-23(28)18-12-20(27)26(13-18)19-8-4-6-17-7-5-9-24-22(17)19/h4-11,18H,12-13H2,1-3H3,(H,25,28). The van der Waals surface area contributed by atoms with Gasteiger partial charge in [0.1, 0.15) is 0 Å². The minimum absolute atomic E-state index is 0.0457. The van der Waals surface area contributed by atoms with E-state index in [9.17, 15) is 9.59 Å². The van der Waals surface area contributed by atoms with Gasteiger partial charge >= 0.3 is 0 Å². The van der Waals surface area contributed by atoms with Crippen molar-refractivity contribution >= 4 is 34.1 Å². The number of carbonyl (C=O) groups excluding carboxylic acids is 2. The van der Waals surface area contributed by atoms with Crippen LogP contribution in [0.4, 0.5) is 11.4 Å². The number of fused-ring (bicyclic) bond motifs is 1. The lowest BCUT2D eigenvalue weighted by Gasteiger charge is -2.19. The van der Waals surface area contributed by atoms with E-state index in [0.29, 0.717) is 6.54 Å². The second-order valence-electron chi connectivity index (χ2n) is 7.52. The number of aromatic nitrogens is 1. The van der Waals surface area contributed by atoms with Crippen molar-refractivity contribution < 1.29 is 9.59 Å². The van der Waals surface area contributed by atoms with Crippen molar-refractivity contribution in [3.63, 3.8) is 0 Å². The predicted molar refractivity (Wildman–Crippen MR) is 111 cm³/mol. The highest BCUT2D eigenvalue weighted by Crippen LogP contribution is 2.31. The molecule has 0 radical (unpaired) electrons. The second kappa shape index (κ2) is 7.08. The highest BCUT2D eigenvalue weighted by Gasteiger charge is 2.36. The SMILES string of the molecule is Cc1cc(C)c(NC(=O)C2CC(=O)N(c3cccc4cccnc34)C2)c(C)c1. The van der Waals surface area contributed by atoms with E-state index in [2.05, 4.69) is 22.4 Å². The molecule has 1 aliphatic rings. The lowest BCUT2D eigenvalue weighted by Crippen LogP contribution is -2.28. The van der Waals surface area contributed by atoms with Crippen LogP contribution in [-0.2, 0) is 9.59 Å². The van der Waals surface area contributed by atoms with Crippen LogP contribution in [0.3, 0.4) is 0 Å². The number of carbonyl (C=O) groups is 2. The zero-order chi connectivity index (χ0) is 19.8. The Hall–Kier alpha value is -3.21. The minimum Gasteiger partial charge on any atom is -0.325 e. The minimum atomic E-state index is -0.383. The lowest BCUT2D eigenvalue weighted by molar-refractivity contribution is -0.122. The molecule has 0 saturated carbocycles. The van der Waals surface area contributed by atoms with Gasteiger partial charge in [-0.1, -0.05) is 35.9 Å². The number of aryl methyl sites for hydroxylation is 3. The molecule has 2 amide bonds. The average Bonchev–Trinajstić information content (AvgIpc) is 3.05. The molecule has 1 fully saturated rings. The molecule has 5 nitrogen and oxygen atoms in total. The summed E-state index contributed by atoms with van der Waals surface area (Å²) >= 11 is 0. The van der Waals surface area contributed by atoms with Crippen LogP contribution >= 0.6 is 0 Å². The Kier molecular flexibility index (Phi) is 4.59. The van der Waals surface area contributed by atoms with Crippen LogP contribution in [0.25, 0.3) is 10.9 Å². The lowest BCUT2D eigenvalue weighted by atomic mass is 10.0. The fourth-order valence-electron chi connectivity index (χ4n) is 4.02. The Morgan fingerprint density at radius 2 is 1.82 bits per heavy atom. The van der Waals surface area contributed by atoms with Crippen LogP contribution in [0.5, 0.6) is 0 Å². The molecule has 1 N–H and O–H groups in total. The van der Waals surface area contributed by atoms with E-state index >= 15 is 0 Å². The molecule has 1 aromatic heterocycles. The van der Waals surface area contributed by atoms with Crippen molar-refractivity contribution in [1.82, 2.24) is 4.98 Å². The third kappa shape index (κ3) is 3.24. The maximum Gasteiger partial charge on any atom is 0.229 e. The van der Waals surface area contributed by atoms with Gasteiger partial charge in [-0.3, -0.25) is 14.6 Å². The van der Waals surface area contributed by atoms with Crippen molar-refractivity contribution in [2.75, 3.05) is 16.8 Å². The van der Waals surface area contributed by atoms with Crippen molar-refractivity contribution in [2.24, 2.45) is 5.92 Å². The van der Waals surface area contributed by atoms with Gasteiger partial charge in [0.15, 0.2) is 0 Å². The van der Waals surface area contributed by atoms with Gasteiger partial charge in [0.25, 0.3) is 0 Å². The van der Waals surface area contributed by atoms with Crippen molar-refractivity contribution in [3.05, 3.63) is 65.4 Å². The number of para-hydroxylation sites is 1. The van der Waals surface area contributed by atoms with Crippen molar-refractivity contribution in [3.8, 4) is 0 Å². The molecule has 0 bridgehead atoms. The number of nitrogens with zero attached hydrogens (tertiary/aromatic N) is 2. The first-order valence-electron chi connectivity index (χ1n) is 9.47. The maximum atomic E-state index is 12.9. The van der Waals surface area contributed by atoms with Gasteiger partial charge in [0, 0.05) is 30.2 Å². The summed E-state index contributed by atoms with van der Waals surface area (Å²) in [5, 5.41) is 4.02. The summed E-state index contributed by atoms with van der Waals surface area (Å²) < 4.78 is 0. The molecular weight excluding hydrogens is 350 g/mol. The normalized spacial score (nSPS) is 16.6. The molecule has 5 heteroatoms. The van der Waals surface area contributed by atoms with E-state index in [1.807, 2.05) is 51.1 Å². The van der Waals surface area contributed by atoms with Crippen molar-refractivity contribution in [2.45, 2.75) is 27.2 Å². The smallest absolute Gasteiger partial charge is 0.229 e. The number of benzene rings is 2. The third-order valence-electron chi connectivity index (χ3n) is 5.32. The van der Waals surface area contributed by atoms with Gasteiger partial charge in [-0.2, -0.15) is 0 Å². The molecule has 1 saturated heterocycles. The van der Waals surface area contributed by atoms with Gasteiger partial charge < -0.3 is 10.2 Å². The highest BCUT2D eigenvalue weighted by atomic mass is 16.2. The number of nitrogens with one attached hydrogen (secondary N) is 1. The molecule has 2 heterocycles. The number of hydrogen-bond acceptors (Lipinski definition) is 3. The largest absolute Gasteiger partial charge is 0.325 e. The van der Waals surface area contributed by atoms with E-state index in [0.717, 1.165) is 33.4 Å². The number of anilines is 2. The topological polar surface area (TPSA) is 62.3 Å². The zero-order valence-electron chi connectivity index (χ0n) is 16.3. The molecular formula is C23H23N3O2. The fraction of sp³-hybridized carbons (Fsp3) is 0.261. The molecule has 0 spiro atoms. The number of hydrogen-bond donors (Lipinski definition) is 1. The van der Waals surface area contributed by atoms with Crippen LogP contribution in [0.15, 0.2) is 48.7 Å². The molecule has 4 rings (SSSR count). The third-order valence-corrected chi connectivity index (χ3v) is 5.32. The average molecular weight is 373 g/mol. The monoisotopic (exact) mass is 373 g/mol. The summed E-state index contributed by atoms with van der Waals surface area (Å²) in [5.74, 6) is -0.540. The van der Waals surface area contributed by atoms with Crippen LogP contribution in [0.2, 0.25) is 0 Å². The molecule has 1 unspecified atom stereocenters. The molecule has 1 atom stereocenters. The molecule has 1 aliphatic heterocycles.